The van der Waals surface area contributed by atoms with Gasteiger partial charge in [-0.05, 0) is 43.8 Å². The Bertz CT molecular complexity index is 899. The molecule has 1 saturated heterocycles. The lowest BCUT2D eigenvalue weighted by Gasteiger charge is -2.35. The van der Waals surface area contributed by atoms with Gasteiger partial charge in [0.15, 0.2) is 11.5 Å². The van der Waals surface area contributed by atoms with Crippen LogP contribution < -0.4 is 19.7 Å². The molecule has 6 nitrogen and oxygen atoms in total. The maximum absolute atomic E-state index is 13.0. The highest BCUT2D eigenvalue weighted by Gasteiger charge is 2.20. The van der Waals surface area contributed by atoms with E-state index in [4.69, 9.17) is 32.7 Å². The number of methoxy groups -OCH3 is 1. The van der Waals surface area contributed by atoms with Gasteiger partial charge in [-0.15, -0.1) is 0 Å². The van der Waals surface area contributed by atoms with Crippen LogP contribution in [-0.2, 0) is 0 Å². The number of ether oxygens (including phenoxy) is 2. The van der Waals surface area contributed by atoms with Gasteiger partial charge in [0.2, 0.25) is 0 Å². The van der Waals surface area contributed by atoms with Crippen LogP contribution in [0.2, 0.25) is 10.0 Å². The molecule has 3 rings (SSSR count). The number of amides is 1. The fraction of sp³-hybridized carbons (Fsp3) is 0.409. The minimum atomic E-state index is -0.296. The van der Waals surface area contributed by atoms with Crippen LogP contribution in [0.1, 0.15) is 23.7 Å². The van der Waals surface area contributed by atoms with E-state index in [9.17, 15) is 4.79 Å². The minimum Gasteiger partial charge on any atom is -0.493 e. The molecule has 1 fully saturated rings. The molecule has 0 unspecified atom stereocenters. The van der Waals surface area contributed by atoms with Crippen LogP contribution in [0.4, 0.5) is 11.4 Å². The zero-order valence-corrected chi connectivity index (χ0v) is 19.0. The molecule has 0 spiro atoms. The average Bonchev–Trinajstić information content (AvgIpc) is 2.73. The molecule has 1 aliphatic rings. The van der Waals surface area contributed by atoms with E-state index >= 15 is 0 Å². The highest BCUT2D eigenvalue weighted by molar-refractivity contribution is 6.33. The van der Waals surface area contributed by atoms with E-state index < -0.39 is 0 Å². The number of benzene rings is 2. The number of carbonyl (C=O) groups excluding carboxylic acids is 1. The zero-order chi connectivity index (χ0) is 21.7. The first-order valence-corrected chi connectivity index (χ1v) is 10.7. The number of nitrogens with zero attached hydrogens (tertiary/aromatic N) is 2. The van der Waals surface area contributed by atoms with Crippen molar-refractivity contribution in [2.75, 3.05) is 57.2 Å². The summed E-state index contributed by atoms with van der Waals surface area (Å²) in [5, 5.41) is 3.87. The first kappa shape index (κ1) is 22.5. The first-order chi connectivity index (χ1) is 14.4. The summed E-state index contributed by atoms with van der Waals surface area (Å²) in [5.41, 5.74) is 1.99. The second-order valence-electron chi connectivity index (χ2n) is 7.24. The van der Waals surface area contributed by atoms with Crippen molar-refractivity contribution >= 4 is 40.5 Å². The molecule has 0 aromatic heterocycles. The quantitative estimate of drug-likeness (QED) is 0.655. The predicted octanol–water partition coefficient (Wildman–Crippen LogP) is 4.79. The second-order valence-corrected chi connectivity index (χ2v) is 8.09. The fourth-order valence-electron chi connectivity index (χ4n) is 3.32. The van der Waals surface area contributed by atoms with Gasteiger partial charge in [0.05, 0.1) is 30.1 Å². The second kappa shape index (κ2) is 10.2. The summed E-state index contributed by atoms with van der Waals surface area (Å²) in [6.07, 6.45) is 0.839. The molecule has 162 valence electrons. The van der Waals surface area contributed by atoms with Crippen LogP contribution in [0.3, 0.4) is 0 Å². The molecular formula is C22H27Cl2N3O3. The lowest BCUT2D eigenvalue weighted by molar-refractivity contribution is 0.102. The monoisotopic (exact) mass is 451 g/mol. The predicted molar refractivity (Wildman–Crippen MR) is 123 cm³/mol. The smallest absolute Gasteiger partial charge is 0.255 e. The summed E-state index contributed by atoms with van der Waals surface area (Å²) < 4.78 is 11.1. The summed E-state index contributed by atoms with van der Waals surface area (Å²) in [6.45, 7) is 6.20. The van der Waals surface area contributed by atoms with Gasteiger partial charge in [-0.25, -0.2) is 0 Å². The number of piperazine rings is 1. The van der Waals surface area contributed by atoms with Crippen molar-refractivity contribution < 1.29 is 14.3 Å². The van der Waals surface area contributed by atoms with E-state index in [0.29, 0.717) is 39.4 Å². The summed E-state index contributed by atoms with van der Waals surface area (Å²) in [4.78, 5) is 17.6. The maximum Gasteiger partial charge on any atom is 0.255 e. The van der Waals surface area contributed by atoms with Crippen LogP contribution in [0.5, 0.6) is 11.5 Å². The van der Waals surface area contributed by atoms with Gasteiger partial charge < -0.3 is 24.6 Å². The average molecular weight is 452 g/mol. The molecule has 2 aromatic carbocycles. The van der Waals surface area contributed by atoms with Gasteiger partial charge in [0.1, 0.15) is 0 Å². The minimum absolute atomic E-state index is 0.296. The van der Waals surface area contributed by atoms with Gasteiger partial charge in [-0.1, -0.05) is 30.1 Å². The number of rotatable bonds is 7. The van der Waals surface area contributed by atoms with Crippen LogP contribution in [-0.4, -0.2) is 57.8 Å². The van der Waals surface area contributed by atoms with E-state index in [1.165, 1.54) is 7.11 Å². The molecule has 1 aliphatic heterocycles. The number of likely N-dealkylation sites (N-methyl/N-ethyl adjacent to an activating group) is 1. The van der Waals surface area contributed by atoms with Crippen LogP contribution >= 0.6 is 23.2 Å². The summed E-state index contributed by atoms with van der Waals surface area (Å²) in [5.74, 6) is 0.569. The third-order valence-corrected chi connectivity index (χ3v) is 5.51. The van der Waals surface area contributed by atoms with E-state index in [0.717, 1.165) is 38.3 Å². The van der Waals surface area contributed by atoms with Crippen LogP contribution in [0.15, 0.2) is 30.3 Å². The lowest BCUT2D eigenvalue weighted by Crippen LogP contribution is -2.44. The Labute approximate surface area is 187 Å². The van der Waals surface area contributed by atoms with Crippen molar-refractivity contribution in [3.05, 3.63) is 45.9 Å². The number of halogens is 2. The van der Waals surface area contributed by atoms with Crippen molar-refractivity contribution in [2.45, 2.75) is 13.3 Å². The molecule has 1 amide bonds. The van der Waals surface area contributed by atoms with Gasteiger partial charge in [-0.2, -0.15) is 0 Å². The molecule has 8 heteroatoms. The Morgan fingerprint density at radius 3 is 2.53 bits per heavy atom. The fourth-order valence-corrected chi connectivity index (χ4v) is 3.76. The highest BCUT2D eigenvalue weighted by atomic mass is 35.5. The van der Waals surface area contributed by atoms with Gasteiger partial charge in [0, 0.05) is 36.8 Å². The molecule has 0 aliphatic carbocycles. The molecule has 0 bridgehead atoms. The standard InChI is InChI=1S/C22H27Cl2N3O3/c1-4-11-30-21-17(24)12-15(13-20(21)29-3)22(28)25-18-14-16(23)5-6-19(18)27-9-7-26(2)8-10-27/h5-6,12-14H,4,7-11H2,1-3H3,(H,25,28). The Morgan fingerprint density at radius 2 is 1.87 bits per heavy atom. The van der Waals surface area contributed by atoms with Crippen molar-refractivity contribution in [3.63, 3.8) is 0 Å². The van der Waals surface area contributed by atoms with E-state index in [1.807, 2.05) is 19.1 Å². The van der Waals surface area contributed by atoms with E-state index in [2.05, 4.69) is 22.2 Å². The number of carbonyl (C=O) groups is 1. The topological polar surface area (TPSA) is 54.0 Å². The summed E-state index contributed by atoms with van der Waals surface area (Å²) in [6, 6.07) is 8.77. The molecule has 1 N–H and O–H groups in total. The number of nitrogens with one attached hydrogen (secondary N) is 1. The van der Waals surface area contributed by atoms with Crippen LogP contribution in [0.25, 0.3) is 0 Å². The molecule has 0 saturated carbocycles. The molecular weight excluding hydrogens is 425 g/mol. The van der Waals surface area contributed by atoms with Crippen molar-refractivity contribution in [2.24, 2.45) is 0 Å². The Morgan fingerprint density at radius 1 is 1.13 bits per heavy atom. The molecule has 30 heavy (non-hydrogen) atoms. The van der Waals surface area contributed by atoms with E-state index in [-0.39, 0.29) is 5.91 Å². The van der Waals surface area contributed by atoms with Crippen LogP contribution in [0, 0.1) is 0 Å². The highest BCUT2D eigenvalue weighted by Crippen LogP contribution is 2.37. The third-order valence-electron chi connectivity index (χ3n) is 4.99. The largest absolute Gasteiger partial charge is 0.493 e. The maximum atomic E-state index is 13.0. The first-order valence-electron chi connectivity index (χ1n) is 9.97. The Hall–Kier alpha value is -2.15. The third kappa shape index (κ3) is 5.31. The van der Waals surface area contributed by atoms with Gasteiger partial charge >= 0.3 is 0 Å². The van der Waals surface area contributed by atoms with Crippen molar-refractivity contribution in [1.29, 1.82) is 0 Å². The molecule has 1 heterocycles. The van der Waals surface area contributed by atoms with Crippen molar-refractivity contribution in [1.82, 2.24) is 4.90 Å². The summed E-state index contributed by atoms with van der Waals surface area (Å²) in [7, 11) is 3.63. The summed E-state index contributed by atoms with van der Waals surface area (Å²) >= 11 is 12.6. The Kier molecular flexibility index (Phi) is 7.69. The SMILES string of the molecule is CCCOc1c(Cl)cc(C(=O)Nc2cc(Cl)ccc2N2CCN(C)CC2)cc1OC. The van der Waals surface area contributed by atoms with Gasteiger partial charge in [0.25, 0.3) is 5.91 Å². The number of hydrogen-bond acceptors (Lipinski definition) is 5. The molecule has 2 aromatic rings. The zero-order valence-electron chi connectivity index (χ0n) is 17.5. The molecule has 0 radical (unpaired) electrons. The van der Waals surface area contributed by atoms with Gasteiger partial charge in [-0.3, -0.25) is 4.79 Å². The molecule has 0 atom stereocenters. The van der Waals surface area contributed by atoms with E-state index in [1.54, 1.807) is 18.2 Å². The lowest BCUT2D eigenvalue weighted by atomic mass is 10.1. The Balaban J connectivity index is 1.85. The number of anilines is 2. The number of hydrogen-bond donors (Lipinski definition) is 1. The van der Waals surface area contributed by atoms with Crippen molar-refractivity contribution in [3.8, 4) is 11.5 Å². The normalized spacial score (nSPS) is 14.5.